The van der Waals surface area contributed by atoms with Gasteiger partial charge in [-0.25, -0.2) is 0 Å². The molecule has 0 N–H and O–H groups in total. The van der Waals surface area contributed by atoms with Crippen molar-refractivity contribution in [3.05, 3.63) is 52.0 Å². The molecule has 0 saturated heterocycles. The van der Waals surface area contributed by atoms with Crippen LogP contribution in [0.2, 0.25) is 10.0 Å². The lowest BCUT2D eigenvalue weighted by molar-refractivity contribution is -0.134. The molecule has 0 aromatic heterocycles. The average molecular weight is 445 g/mol. The van der Waals surface area contributed by atoms with Crippen molar-refractivity contribution in [1.29, 1.82) is 0 Å². The van der Waals surface area contributed by atoms with E-state index in [9.17, 15) is 13.2 Å². The lowest BCUT2D eigenvalue weighted by atomic mass is 10.2. The zero-order valence-corrected chi connectivity index (χ0v) is 18.0. The molecule has 2 aromatic carbocycles. The maximum absolute atomic E-state index is 12.8. The molecular weight excluding hydrogens is 423 g/mol. The standard InChI is InChI=1S/C20H22Cl2O5S/c1-3-5-6-7-19(23)26-20-17(22)12-15(21)13-18(20)28(24,25)27-16-10-8-14(4-2)9-11-16/h8-13H,3-7H2,1-2H3. The Morgan fingerprint density at radius 1 is 1.04 bits per heavy atom. The molecule has 2 rings (SSSR count). The van der Waals surface area contributed by atoms with E-state index < -0.39 is 21.0 Å². The van der Waals surface area contributed by atoms with Gasteiger partial charge in [-0.2, -0.15) is 8.42 Å². The summed E-state index contributed by atoms with van der Waals surface area (Å²) >= 11 is 12.1. The highest BCUT2D eigenvalue weighted by Gasteiger charge is 2.27. The molecule has 0 amide bonds. The normalized spacial score (nSPS) is 11.3. The van der Waals surface area contributed by atoms with Crippen LogP contribution in [0.5, 0.6) is 11.5 Å². The van der Waals surface area contributed by atoms with Crippen molar-refractivity contribution in [2.45, 2.75) is 50.8 Å². The molecule has 0 heterocycles. The first-order valence-corrected chi connectivity index (χ1v) is 11.2. The van der Waals surface area contributed by atoms with Gasteiger partial charge in [0.2, 0.25) is 0 Å². The summed E-state index contributed by atoms with van der Waals surface area (Å²) in [7, 11) is -4.33. The molecule has 28 heavy (non-hydrogen) atoms. The van der Waals surface area contributed by atoms with Gasteiger partial charge < -0.3 is 8.92 Å². The van der Waals surface area contributed by atoms with Crippen LogP contribution in [0.25, 0.3) is 0 Å². The number of benzene rings is 2. The Morgan fingerprint density at radius 3 is 2.32 bits per heavy atom. The molecule has 0 radical (unpaired) electrons. The Morgan fingerprint density at radius 2 is 1.71 bits per heavy atom. The number of rotatable bonds is 9. The van der Waals surface area contributed by atoms with E-state index in [1.54, 1.807) is 24.3 Å². The molecule has 5 nitrogen and oxygen atoms in total. The third-order valence-corrected chi connectivity index (χ3v) is 5.73. The van der Waals surface area contributed by atoms with Crippen LogP contribution < -0.4 is 8.92 Å². The smallest absolute Gasteiger partial charge is 0.343 e. The van der Waals surface area contributed by atoms with E-state index in [2.05, 4.69) is 0 Å². The Hall–Kier alpha value is -1.76. The minimum absolute atomic E-state index is 0.0827. The fraction of sp³-hybridized carbons (Fsp3) is 0.350. The Labute approximate surface area is 175 Å². The van der Waals surface area contributed by atoms with Crippen LogP contribution in [0, 0.1) is 0 Å². The van der Waals surface area contributed by atoms with Crippen LogP contribution in [0.3, 0.4) is 0 Å². The minimum atomic E-state index is -4.33. The van der Waals surface area contributed by atoms with Gasteiger partial charge in [0.05, 0.1) is 5.02 Å². The van der Waals surface area contributed by atoms with Gasteiger partial charge in [0.1, 0.15) is 5.75 Å². The lowest BCUT2D eigenvalue weighted by Gasteiger charge is -2.14. The SMILES string of the molecule is CCCCCC(=O)Oc1c(Cl)cc(Cl)cc1S(=O)(=O)Oc1ccc(CC)cc1. The molecule has 0 aliphatic heterocycles. The van der Waals surface area contributed by atoms with E-state index >= 15 is 0 Å². The maximum atomic E-state index is 12.8. The highest BCUT2D eigenvalue weighted by Crippen LogP contribution is 2.37. The number of esters is 1. The van der Waals surface area contributed by atoms with Crippen LogP contribution in [-0.4, -0.2) is 14.4 Å². The summed E-state index contributed by atoms with van der Waals surface area (Å²) in [5.74, 6) is -0.715. The number of halogens is 2. The van der Waals surface area contributed by atoms with Gasteiger partial charge in [-0.3, -0.25) is 4.79 Å². The van der Waals surface area contributed by atoms with E-state index in [1.165, 1.54) is 6.07 Å². The van der Waals surface area contributed by atoms with E-state index in [4.69, 9.17) is 32.1 Å². The first-order chi connectivity index (χ1) is 13.3. The van der Waals surface area contributed by atoms with Gasteiger partial charge in [-0.1, -0.05) is 62.0 Å². The van der Waals surface area contributed by atoms with E-state index in [-0.39, 0.29) is 28.0 Å². The van der Waals surface area contributed by atoms with Crippen molar-refractivity contribution in [2.24, 2.45) is 0 Å². The number of hydrogen-bond acceptors (Lipinski definition) is 5. The maximum Gasteiger partial charge on any atom is 0.343 e. The Balaban J connectivity index is 2.32. The Kier molecular flexibility index (Phi) is 8.16. The van der Waals surface area contributed by atoms with Crippen molar-refractivity contribution < 1.29 is 22.1 Å². The number of aryl methyl sites for hydroxylation is 1. The number of hydrogen-bond donors (Lipinski definition) is 0. The van der Waals surface area contributed by atoms with Crippen LogP contribution in [0.15, 0.2) is 41.3 Å². The fourth-order valence-corrected chi connectivity index (χ4v) is 4.21. The molecule has 0 fully saturated rings. The topological polar surface area (TPSA) is 69.7 Å². The summed E-state index contributed by atoms with van der Waals surface area (Å²) < 4.78 is 36.0. The number of carbonyl (C=O) groups is 1. The van der Waals surface area contributed by atoms with Crippen LogP contribution >= 0.6 is 23.2 Å². The summed E-state index contributed by atoms with van der Waals surface area (Å²) in [5.41, 5.74) is 1.04. The summed E-state index contributed by atoms with van der Waals surface area (Å²) in [5, 5.41) is -0.000801. The molecule has 0 unspecified atom stereocenters. The number of carbonyl (C=O) groups excluding carboxylic acids is 1. The quantitative estimate of drug-likeness (QED) is 0.211. The average Bonchev–Trinajstić information content (AvgIpc) is 2.64. The zero-order valence-electron chi connectivity index (χ0n) is 15.7. The molecular formula is C20H22Cl2O5S. The number of ether oxygens (including phenoxy) is 1. The molecule has 0 bridgehead atoms. The second-order valence-electron chi connectivity index (χ2n) is 6.18. The van der Waals surface area contributed by atoms with Gasteiger partial charge in [-0.15, -0.1) is 0 Å². The molecule has 0 saturated carbocycles. The van der Waals surface area contributed by atoms with Gasteiger partial charge in [-0.05, 0) is 42.7 Å². The summed E-state index contributed by atoms with van der Waals surface area (Å²) in [6, 6.07) is 9.11. The zero-order chi connectivity index (χ0) is 20.7. The molecule has 8 heteroatoms. The third kappa shape index (κ3) is 6.12. The second kappa shape index (κ2) is 10.1. The van der Waals surface area contributed by atoms with Gasteiger partial charge in [0.25, 0.3) is 0 Å². The summed E-state index contributed by atoms with van der Waals surface area (Å²) in [4.78, 5) is 11.7. The fourth-order valence-electron chi connectivity index (χ4n) is 2.46. The second-order valence-corrected chi connectivity index (χ2v) is 8.54. The predicted octanol–water partition coefficient (Wildman–Crippen LogP) is 5.81. The summed E-state index contributed by atoms with van der Waals surface area (Å²) in [6.07, 6.45) is 3.42. The van der Waals surface area contributed by atoms with Gasteiger partial charge in [0, 0.05) is 11.4 Å². The number of unbranched alkanes of at least 4 members (excludes halogenated alkanes) is 2. The van der Waals surface area contributed by atoms with Crippen molar-refractivity contribution in [2.75, 3.05) is 0 Å². The van der Waals surface area contributed by atoms with E-state index in [0.717, 1.165) is 30.9 Å². The first-order valence-electron chi connectivity index (χ1n) is 9.00. The van der Waals surface area contributed by atoms with Crippen LogP contribution in [0.1, 0.15) is 45.1 Å². The molecule has 2 aromatic rings. The third-order valence-electron chi connectivity index (χ3n) is 3.98. The molecule has 0 aliphatic rings. The van der Waals surface area contributed by atoms with Crippen LogP contribution in [-0.2, 0) is 21.3 Å². The van der Waals surface area contributed by atoms with Crippen molar-refractivity contribution in [3.8, 4) is 11.5 Å². The first kappa shape index (κ1) is 22.5. The van der Waals surface area contributed by atoms with Crippen LogP contribution in [0.4, 0.5) is 0 Å². The highest BCUT2D eigenvalue weighted by molar-refractivity contribution is 7.87. The largest absolute Gasteiger partial charge is 0.423 e. The molecule has 0 spiro atoms. The van der Waals surface area contributed by atoms with Gasteiger partial charge >= 0.3 is 16.1 Å². The van der Waals surface area contributed by atoms with Crippen molar-refractivity contribution in [1.82, 2.24) is 0 Å². The highest BCUT2D eigenvalue weighted by atomic mass is 35.5. The Bertz CT molecular complexity index is 924. The van der Waals surface area contributed by atoms with Gasteiger partial charge in [0.15, 0.2) is 10.6 Å². The molecule has 0 atom stereocenters. The van der Waals surface area contributed by atoms with Crippen molar-refractivity contribution in [3.63, 3.8) is 0 Å². The van der Waals surface area contributed by atoms with E-state index in [0.29, 0.717) is 6.42 Å². The predicted molar refractivity (Wildman–Crippen MR) is 110 cm³/mol. The van der Waals surface area contributed by atoms with E-state index in [1.807, 2.05) is 13.8 Å². The monoisotopic (exact) mass is 444 g/mol. The summed E-state index contributed by atoms with van der Waals surface area (Å²) in [6.45, 7) is 4.00. The van der Waals surface area contributed by atoms with Crippen molar-refractivity contribution >= 4 is 39.3 Å². The minimum Gasteiger partial charge on any atom is -0.423 e. The molecule has 0 aliphatic carbocycles. The molecule has 152 valence electrons. The lowest BCUT2D eigenvalue weighted by Crippen LogP contribution is -2.15.